The highest BCUT2D eigenvalue weighted by molar-refractivity contribution is 6.26. The van der Waals surface area contributed by atoms with Crippen molar-refractivity contribution in [2.45, 2.75) is 39.0 Å². The van der Waals surface area contributed by atoms with Gasteiger partial charge in [-0.05, 0) is 30.0 Å². The Balaban J connectivity index is 1.89. The van der Waals surface area contributed by atoms with Crippen LogP contribution in [0, 0.1) is 17.6 Å². The van der Waals surface area contributed by atoms with Crippen LogP contribution in [0.25, 0.3) is 0 Å². The number of halogens is 5. The number of nitrogens with one attached hydrogen (secondary N) is 1. The average molecular weight is 599 g/mol. The van der Waals surface area contributed by atoms with Crippen LogP contribution in [-0.2, 0) is 22.2 Å². The lowest BCUT2D eigenvalue weighted by atomic mass is 9.98. The van der Waals surface area contributed by atoms with Crippen molar-refractivity contribution in [1.82, 2.24) is 0 Å². The Labute approximate surface area is 238 Å². The summed E-state index contributed by atoms with van der Waals surface area (Å²) in [6.07, 6.45) is -5.13. The number of benzene rings is 2. The molecule has 0 unspecified atom stereocenters. The van der Waals surface area contributed by atoms with Crippen molar-refractivity contribution in [2.75, 3.05) is 36.5 Å². The van der Waals surface area contributed by atoms with Crippen LogP contribution in [0.4, 0.5) is 33.3 Å². The van der Waals surface area contributed by atoms with Gasteiger partial charge in [0.05, 0.1) is 41.6 Å². The number of carboxylic acids is 1. The molecule has 42 heavy (non-hydrogen) atoms. The zero-order valence-corrected chi connectivity index (χ0v) is 22.8. The minimum absolute atomic E-state index is 0.00326. The Hall–Kier alpha value is -4.20. The lowest BCUT2D eigenvalue weighted by molar-refractivity contribution is -0.137. The monoisotopic (exact) mass is 598 g/mol. The molecule has 2 aromatic rings. The standard InChI is InChI=1S/C28H31F5N4O5/c1-15(2)26(35-4-6-42-20-10-17(29)9-18(30)11-20)21(13-34)27(41)36-23-7-16(8-25(39)40)24(12-22(23)28(31,32)33)37-5-3-19(38)14-37/h7,9-13,15,19,38H,3-6,8,14,34H2,1-2H3,(H,36,41)(H,39,40)/t19-/m1/s1. The van der Waals surface area contributed by atoms with E-state index in [-0.39, 0.29) is 54.5 Å². The Bertz CT molecular complexity index is 1360. The zero-order chi connectivity index (χ0) is 31.2. The lowest BCUT2D eigenvalue weighted by Crippen LogP contribution is -2.28. The molecule has 9 nitrogen and oxygen atoms in total. The minimum Gasteiger partial charge on any atom is -0.491 e. The van der Waals surface area contributed by atoms with Gasteiger partial charge < -0.3 is 30.9 Å². The topological polar surface area (TPSA) is 137 Å². The first kappa shape index (κ1) is 32.3. The fourth-order valence-electron chi connectivity index (χ4n) is 4.52. The van der Waals surface area contributed by atoms with Crippen LogP contribution in [0.3, 0.4) is 0 Å². The third-order valence-corrected chi connectivity index (χ3v) is 6.33. The number of amides is 1. The number of hydrogen-bond acceptors (Lipinski definition) is 7. The van der Waals surface area contributed by atoms with E-state index in [4.69, 9.17) is 10.5 Å². The van der Waals surface area contributed by atoms with Crippen molar-refractivity contribution in [1.29, 1.82) is 0 Å². The van der Waals surface area contributed by atoms with Gasteiger partial charge >= 0.3 is 12.1 Å². The summed E-state index contributed by atoms with van der Waals surface area (Å²) in [6, 6.07) is 4.35. The minimum atomic E-state index is -4.92. The maximum Gasteiger partial charge on any atom is 0.418 e. The SMILES string of the molecule is CC(C)C(=NCCOc1cc(F)cc(F)c1)C(=CN)C(=O)Nc1cc(CC(=O)O)c(N2CC[C@@H](O)C2)cc1C(F)(F)F. The maximum absolute atomic E-state index is 14.1. The van der Waals surface area contributed by atoms with Crippen LogP contribution >= 0.6 is 0 Å². The van der Waals surface area contributed by atoms with Gasteiger partial charge in [-0.15, -0.1) is 0 Å². The number of nitrogens with two attached hydrogens (primary N) is 1. The number of aliphatic hydroxyl groups excluding tert-OH is 1. The predicted molar refractivity (Wildman–Crippen MR) is 146 cm³/mol. The normalized spacial score (nSPS) is 16.2. The number of carboxylic acid groups (broad SMARTS) is 1. The summed E-state index contributed by atoms with van der Waals surface area (Å²) in [6.45, 7) is 3.38. The Morgan fingerprint density at radius 1 is 1.19 bits per heavy atom. The summed E-state index contributed by atoms with van der Waals surface area (Å²) < 4.78 is 74.5. The maximum atomic E-state index is 14.1. The van der Waals surface area contributed by atoms with Gasteiger partial charge in [-0.1, -0.05) is 13.8 Å². The van der Waals surface area contributed by atoms with Crippen LogP contribution in [0.15, 0.2) is 47.1 Å². The summed E-state index contributed by atoms with van der Waals surface area (Å²) in [5, 5.41) is 21.5. The number of β-amino-alcohol motifs (C(OH)–C–C–N with tert-alkyl or cyclic N) is 1. The molecule has 1 aliphatic rings. The van der Waals surface area contributed by atoms with Gasteiger partial charge in [-0.25, -0.2) is 8.78 Å². The highest BCUT2D eigenvalue weighted by Gasteiger charge is 2.37. The van der Waals surface area contributed by atoms with Crippen molar-refractivity contribution in [2.24, 2.45) is 16.6 Å². The van der Waals surface area contributed by atoms with Gasteiger partial charge in [0.15, 0.2) is 0 Å². The van der Waals surface area contributed by atoms with E-state index in [1.807, 2.05) is 0 Å². The number of hydrogen-bond donors (Lipinski definition) is 4. The predicted octanol–water partition coefficient (Wildman–Crippen LogP) is 4.14. The molecule has 228 valence electrons. The smallest absolute Gasteiger partial charge is 0.418 e. The number of anilines is 2. The molecule has 2 aromatic carbocycles. The summed E-state index contributed by atoms with van der Waals surface area (Å²) >= 11 is 0. The molecule has 0 bridgehead atoms. The number of carbonyl (C=O) groups excluding carboxylic acids is 1. The Kier molecular flexibility index (Phi) is 10.5. The van der Waals surface area contributed by atoms with E-state index in [1.165, 1.54) is 4.90 Å². The van der Waals surface area contributed by atoms with Crippen molar-refractivity contribution >= 4 is 29.0 Å². The first-order valence-corrected chi connectivity index (χ1v) is 12.9. The number of rotatable bonds is 11. The van der Waals surface area contributed by atoms with Gasteiger partial charge in [0.2, 0.25) is 0 Å². The molecule has 1 aliphatic heterocycles. The van der Waals surface area contributed by atoms with E-state index < -0.39 is 59.4 Å². The van der Waals surface area contributed by atoms with Gasteiger partial charge in [-0.2, -0.15) is 13.2 Å². The summed E-state index contributed by atoms with van der Waals surface area (Å²) in [5.41, 5.74) is 3.71. The van der Waals surface area contributed by atoms with Gasteiger partial charge in [-0.3, -0.25) is 14.6 Å². The van der Waals surface area contributed by atoms with Gasteiger partial charge in [0.1, 0.15) is 24.0 Å². The molecule has 0 saturated carbocycles. The highest BCUT2D eigenvalue weighted by Crippen LogP contribution is 2.40. The molecule has 0 spiro atoms. The highest BCUT2D eigenvalue weighted by atomic mass is 19.4. The summed E-state index contributed by atoms with van der Waals surface area (Å²) in [5.74, 6) is -4.49. The molecule has 0 aromatic heterocycles. The van der Waals surface area contributed by atoms with Crippen LogP contribution in [0.5, 0.6) is 5.75 Å². The third-order valence-electron chi connectivity index (χ3n) is 6.33. The van der Waals surface area contributed by atoms with E-state index in [0.29, 0.717) is 12.5 Å². The molecule has 1 amide bonds. The van der Waals surface area contributed by atoms with E-state index in [0.717, 1.165) is 30.5 Å². The second kappa shape index (κ2) is 13.6. The summed E-state index contributed by atoms with van der Waals surface area (Å²) in [4.78, 5) is 30.5. The number of aliphatic imine (C=N–C) groups is 1. The third kappa shape index (κ3) is 8.41. The molecule has 1 atom stereocenters. The molecule has 3 rings (SSSR count). The van der Waals surface area contributed by atoms with E-state index >= 15 is 0 Å². The van der Waals surface area contributed by atoms with Crippen molar-refractivity contribution in [3.05, 3.63) is 64.9 Å². The number of carbonyl (C=O) groups is 2. The fourth-order valence-corrected chi connectivity index (χ4v) is 4.52. The van der Waals surface area contributed by atoms with E-state index in [1.54, 1.807) is 13.8 Å². The van der Waals surface area contributed by atoms with Gasteiger partial charge in [0.25, 0.3) is 5.91 Å². The molecular weight excluding hydrogens is 567 g/mol. The molecule has 1 saturated heterocycles. The van der Waals surface area contributed by atoms with Crippen molar-refractivity contribution < 1.29 is 46.5 Å². The van der Waals surface area contributed by atoms with Crippen LogP contribution in [0.1, 0.15) is 31.4 Å². The number of alkyl halides is 3. The van der Waals surface area contributed by atoms with E-state index in [2.05, 4.69) is 10.3 Å². The average Bonchev–Trinajstić information content (AvgIpc) is 3.30. The summed E-state index contributed by atoms with van der Waals surface area (Å²) in [7, 11) is 0. The number of aliphatic hydroxyl groups is 1. The van der Waals surface area contributed by atoms with Gasteiger partial charge in [0, 0.05) is 43.2 Å². The molecule has 1 heterocycles. The second-order valence-corrected chi connectivity index (χ2v) is 9.89. The van der Waals surface area contributed by atoms with Crippen LogP contribution in [-0.4, -0.2) is 60.1 Å². The van der Waals surface area contributed by atoms with Crippen molar-refractivity contribution in [3.63, 3.8) is 0 Å². The Morgan fingerprint density at radius 3 is 2.38 bits per heavy atom. The molecular formula is C28H31F5N4O5. The molecule has 14 heteroatoms. The fraction of sp³-hybridized carbons (Fsp3) is 0.393. The molecule has 0 aliphatic carbocycles. The quantitative estimate of drug-likeness (QED) is 0.132. The molecule has 1 fully saturated rings. The first-order valence-electron chi connectivity index (χ1n) is 12.9. The van der Waals surface area contributed by atoms with Crippen molar-refractivity contribution in [3.8, 4) is 5.75 Å². The molecule has 5 N–H and O–H groups in total. The van der Waals surface area contributed by atoms with Crippen LogP contribution < -0.4 is 20.7 Å². The Morgan fingerprint density at radius 2 is 1.86 bits per heavy atom. The molecule has 0 radical (unpaired) electrons. The number of ether oxygens (including phenoxy) is 1. The van der Waals surface area contributed by atoms with Crippen LogP contribution in [0.2, 0.25) is 0 Å². The lowest BCUT2D eigenvalue weighted by Gasteiger charge is -2.25. The number of nitrogens with zero attached hydrogens (tertiary/aromatic N) is 2. The first-order chi connectivity index (χ1) is 19.7. The van der Waals surface area contributed by atoms with E-state index in [9.17, 15) is 41.8 Å². The zero-order valence-electron chi connectivity index (χ0n) is 22.8. The number of aliphatic carboxylic acids is 1. The largest absolute Gasteiger partial charge is 0.491 e. The second-order valence-electron chi connectivity index (χ2n) is 9.89.